The van der Waals surface area contributed by atoms with Crippen LogP contribution in [0.2, 0.25) is 0 Å². The van der Waals surface area contributed by atoms with Gasteiger partial charge < -0.3 is 20.4 Å². The van der Waals surface area contributed by atoms with Crippen LogP contribution in [0, 0.1) is 0 Å². The minimum atomic E-state index is -0.264. The van der Waals surface area contributed by atoms with E-state index in [1.807, 2.05) is 23.2 Å². The lowest BCUT2D eigenvalue weighted by Crippen LogP contribution is -2.40. The van der Waals surface area contributed by atoms with Gasteiger partial charge in [0, 0.05) is 56.8 Å². The van der Waals surface area contributed by atoms with E-state index in [4.69, 9.17) is 0 Å². The summed E-state index contributed by atoms with van der Waals surface area (Å²) in [6.45, 7) is 4.34. The normalized spacial score (nSPS) is 15.9. The van der Waals surface area contributed by atoms with Gasteiger partial charge in [0.2, 0.25) is 5.91 Å². The van der Waals surface area contributed by atoms with Crippen molar-refractivity contribution in [2.75, 3.05) is 31.1 Å². The first-order valence-corrected chi connectivity index (χ1v) is 11.1. The molecular formula is C21H27N5O2S. The van der Waals surface area contributed by atoms with Crippen LogP contribution in [0.25, 0.3) is 0 Å². The summed E-state index contributed by atoms with van der Waals surface area (Å²) in [6.07, 6.45) is 5.50. The molecule has 4 heterocycles. The summed E-state index contributed by atoms with van der Waals surface area (Å²) >= 11 is 1.76. The second kappa shape index (κ2) is 9.26. The maximum Gasteiger partial charge on any atom is 0.315 e. The Bertz CT molecular complexity index is 845. The monoisotopic (exact) mass is 413 g/mol. The highest BCUT2D eigenvalue weighted by Crippen LogP contribution is 2.24. The van der Waals surface area contributed by atoms with Gasteiger partial charge in [-0.1, -0.05) is 6.07 Å². The molecule has 8 heteroatoms. The fraction of sp³-hybridized carbons (Fsp3) is 0.476. The Morgan fingerprint density at radius 3 is 2.76 bits per heavy atom. The highest BCUT2D eigenvalue weighted by Gasteiger charge is 2.21. The number of urea groups is 1. The van der Waals surface area contributed by atoms with Crippen LogP contribution in [0.15, 0.2) is 29.8 Å². The summed E-state index contributed by atoms with van der Waals surface area (Å²) < 4.78 is 0. The predicted octanol–water partition coefficient (Wildman–Crippen LogP) is 2.52. The molecule has 0 radical (unpaired) electrons. The van der Waals surface area contributed by atoms with E-state index in [1.54, 1.807) is 11.3 Å². The summed E-state index contributed by atoms with van der Waals surface area (Å²) in [7, 11) is 0. The molecule has 7 nitrogen and oxygen atoms in total. The molecule has 2 N–H and O–H groups in total. The highest BCUT2D eigenvalue weighted by molar-refractivity contribution is 7.10. The van der Waals surface area contributed by atoms with Crippen LogP contribution in [0.1, 0.15) is 35.3 Å². The minimum absolute atomic E-state index is 0.0869. The van der Waals surface area contributed by atoms with E-state index in [1.165, 1.54) is 23.3 Å². The minimum Gasteiger partial charge on any atom is -0.357 e. The molecule has 4 rings (SSSR count). The number of anilines is 1. The number of thiophene rings is 1. The van der Waals surface area contributed by atoms with Crippen LogP contribution in [0.5, 0.6) is 0 Å². The number of hydrogen-bond donors (Lipinski definition) is 2. The number of fused-ring (bicyclic) bond motifs is 1. The first-order valence-electron chi connectivity index (χ1n) is 10.2. The maximum atomic E-state index is 12.4. The molecule has 2 aliphatic heterocycles. The molecule has 1 saturated heterocycles. The molecule has 29 heavy (non-hydrogen) atoms. The van der Waals surface area contributed by atoms with E-state index in [0.29, 0.717) is 26.1 Å². The number of nitrogens with one attached hydrogen (secondary N) is 2. The summed E-state index contributed by atoms with van der Waals surface area (Å²) in [5, 5.41) is 7.68. The molecule has 3 amide bonds. The number of aromatic nitrogens is 1. The maximum absolute atomic E-state index is 12.4. The van der Waals surface area contributed by atoms with Gasteiger partial charge in [0.25, 0.3) is 0 Å². The van der Waals surface area contributed by atoms with E-state index >= 15 is 0 Å². The second-order valence-electron chi connectivity index (χ2n) is 7.51. The zero-order valence-corrected chi connectivity index (χ0v) is 17.3. The van der Waals surface area contributed by atoms with Gasteiger partial charge in [-0.05, 0) is 47.9 Å². The van der Waals surface area contributed by atoms with Crippen molar-refractivity contribution in [1.82, 2.24) is 20.5 Å². The van der Waals surface area contributed by atoms with E-state index in [9.17, 15) is 9.59 Å². The van der Waals surface area contributed by atoms with Gasteiger partial charge >= 0.3 is 6.03 Å². The second-order valence-corrected chi connectivity index (χ2v) is 8.51. The molecule has 2 aromatic rings. The van der Waals surface area contributed by atoms with Gasteiger partial charge in [-0.3, -0.25) is 4.79 Å². The van der Waals surface area contributed by atoms with Crippen molar-refractivity contribution in [2.45, 2.75) is 38.8 Å². The number of amides is 3. The Morgan fingerprint density at radius 1 is 1.10 bits per heavy atom. The van der Waals surface area contributed by atoms with Gasteiger partial charge in [-0.15, -0.1) is 11.3 Å². The summed E-state index contributed by atoms with van der Waals surface area (Å²) in [6, 6.07) is 5.84. The Hall–Kier alpha value is -2.61. The molecule has 2 aliphatic rings. The van der Waals surface area contributed by atoms with Crippen molar-refractivity contribution in [2.24, 2.45) is 0 Å². The molecule has 0 atom stereocenters. The number of nitrogens with zero attached hydrogens (tertiary/aromatic N) is 3. The largest absolute Gasteiger partial charge is 0.357 e. The standard InChI is InChI=1S/C21H27N5O2S/c27-20(26-11-6-18-17(15-26)7-12-29-18)5-8-22-21(28)24-14-16-3-4-19(23-13-16)25-9-1-2-10-25/h3-4,7,12-13H,1-2,5-6,8-11,14-15H2,(H2,22,24,28). The van der Waals surface area contributed by atoms with Crippen LogP contribution in [-0.4, -0.2) is 48.0 Å². The van der Waals surface area contributed by atoms with Crippen molar-refractivity contribution in [3.05, 3.63) is 45.8 Å². The lowest BCUT2D eigenvalue weighted by Gasteiger charge is -2.27. The number of hydrogen-bond acceptors (Lipinski definition) is 5. The number of carbonyl (C=O) groups excluding carboxylic acids is 2. The lowest BCUT2D eigenvalue weighted by molar-refractivity contribution is -0.131. The first-order chi connectivity index (χ1) is 14.2. The molecule has 1 fully saturated rings. The Labute approximate surface area is 175 Å². The molecule has 0 aromatic carbocycles. The van der Waals surface area contributed by atoms with Crippen molar-refractivity contribution in [3.63, 3.8) is 0 Å². The Balaban J connectivity index is 1.14. The summed E-state index contributed by atoms with van der Waals surface area (Å²) in [5.41, 5.74) is 2.21. The number of rotatable bonds is 6. The van der Waals surface area contributed by atoms with Crippen molar-refractivity contribution in [1.29, 1.82) is 0 Å². The van der Waals surface area contributed by atoms with Gasteiger partial charge in [0.05, 0.1) is 0 Å². The average Bonchev–Trinajstić information content (AvgIpc) is 3.44. The quantitative estimate of drug-likeness (QED) is 0.763. The molecule has 0 saturated carbocycles. The van der Waals surface area contributed by atoms with Crippen LogP contribution in [0.3, 0.4) is 0 Å². The highest BCUT2D eigenvalue weighted by atomic mass is 32.1. The Morgan fingerprint density at radius 2 is 1.97 bits per heavy atom. The third-order valence-corrected chi connectivity index (χ3v) is 6.50. The van der Waals surface area contributed by atoms with Crippen LogP contribution in [0.4, 0.5) is 10.6 Å². The van der Waals surface area contributed by atoms with Crippen LogP contribution >= 0.6 is 11.3 Å². The average molecular weight is 414 g/mol. The van der Waals surface area contributed by atoms with Gasteiger partial charge in [0.1, 0.15) is 5.82 Å². The molecule has 0 spiro atoms. The number of pyridine rings is 1. The van der Waals surface area contributed by atoms with Crippen molar-refractivity contribution >= 4 is 29.1 Å². The predicted molar refractivity (Wildman–Crippen MR) is 114 cm³/mol. The molecule has 0 aliphatic carbocycles. The van der Waals surface area contributed by atoms with Gasteiger partial charge in [0.15, 0.2) is 0 Å². The topological polar surface area (TPSA) is 77.6 Å². The fourth-order valence-electron chi connectivity index (χ4n) is 3.80. The number of carbonyl (C=O) groups is 2. The summed E-state index contributed by atoms with van der Waals surface area (Å²) in [4.78, 5) is 34.4. The van der Waals surface area contributed by atoms with E-state index in [2.05, 4.69) is 32.0 Å². The van der Waals surface area contributed by atoms with E-state index < -0.39 is 0 Å². The summed E-state index contributed by atoms with van der Waals surface area (Å²) in [5.74, 6) is 1.09. The molecule has 154 valence electrons. The third-order valence-electron chi connectivity index (χ3n) is 5.48. The Kier molecular flexibility index (Phi) is 6.29. The van der Waals surface area contributed by atoms with Crippen molar-refractivity contribution in [3.8, 4) is 0 Å². The molecule has 0 bridgehead atoms. The first kappa shape index (κ1) is 19.7. The molecule has 0 unspecified atom stereocenters. The smallest absolute Gasteiger partial charge is 0.315 e. The fourth-order valence-corrected chi connectivity index (χ4v) is 4.69. The zero-order valence-electron chi connectivity index (χ0n) is 16.5. The van der Waals surface area contributed by atoms with Gasteiger partial charge in [-0.25, -0.2) is 9.78 Å². The zero-order chi connectivity index (χ0) is 20.1. The SMILES string of the molecule is O=C(NCCC(=O)N1CCc2sccc2C1)NCc1ccc(N2CCCC2)nc1. The van der Waals surface area contributed by atoms with Crippen LogP contribution in [-0.2, 0) is 24.3 Å². The van der Waals surface area contributed by atoms with Crippen molar-refractivity contribution < 1.29 is 9.59 Å². The van der Waals surface area contributed by atoms with E-state index in [-0.39, 0.29) is 11.9 Å². The van der Waals surface area contributed by atoms with E-state index in [0.717, 1.165) is 37.4 Å². The van der Waals surface area contributed by atoms with Gasteiger partial charge in [-0.2, -0.15) is 0 Å². The molecular weight excluding hydrogens is 386 g/mol. The third kappa shape index (κ3) is 5.06. The molecule has 2 aromatic heterocycles. The lowest BCUT2D eigenvalue weighted by atomic mass is 10.1. The van der Waals surface area contributed by atoms with Crippen LogP contribution < -0.4 is 15.5 Å².